The molecule has 0 aliphatic heterocycles. The zero-order valence-corrected chi connectivity index (χ0v) is 10.1. The summed E-state index contributed by atoms with van der Waals surface area (Å²) in [6.07, 6.45) is 3.69. The highest BCUT2D eigenvalue weighted by Gasteiger charge is 2.20. The van der Waals surface area contributed by atoms with Gasteiger partial charge in [-0.2, -0.15) is 0 Å². The van der Waals surface area contributed by atoms with Crippen LogP contribution in [-0.2, 0) is 4.74 Å². The largest absolute Gasteiger partial charge is 0.465 e. The molecule has 0 radical (unpaired) electrons. The van der Waals surface area contributed by atoms with E-state index in [1.54, 1.807) is 0 Å². The molecule has 1 N–H and O–H groups in total. The number of methoxy groups -OCH3 is 1. The summed E-state index contributed by atoms with van der Waals surface area (Å²) in [7, 11) is 1.39. The number of hydrogen-bond acceptors (Lipinski definition) is 3. The predicted molar refractivity (Wildman–Crippen MR) is 65.0 cm³/mol. The van der Waals surface area contributed by atoms with Crippen LogP contribution in [0.3, 0.4) is 0 Å². The molecule has 0 amide bonds. The lowest BCUT2D eigenvalue weighted by Gasteiger charge is -2.25. The fraction of sp³-hybridized carbons (Fsp3) is 0.500. The summed E-state index contributed by atoms with van der Waals surface area (Å²) < 4.78 is 4.66. The minimum Gasteiger partial charge on any atom is -0.465 e. The van der Waals surface area contributed by atoms with E-state index in [1.165, 1.54) is 12.7 Å². The van der Waals surface area contributed by atoms with Crippen molar-refractivity contribution in [2.75, 3.05) is 7.11 Å². The van der Waals surface area contributed by atoms with Gasteiger partial charge < -0.3 is 9.84 Å². The summed E-state index contributed by atoms with van der Waals surface area (Å²) in [6.45, 7) is 0. The molecule has 0 unspecified atom stereocenters. The van der Waals surface area contributed by atoms with E-state index in [-0.39, 0.29) is 12.1 Å². The van der Waals surface area contributed by atoms with Gasteiger partial charge in [0.1, 0.15) is 0 Å². The average molecular weight is 234 g/mol. The van der Waals surface area contributed by atoms with Gasteiger partial charge in [0.2, 0.25) is 0 Å². The van der Waals surface area contributed by atoms with Gasteiger partial charge in [-0.3, -0.25) is 0 Å². The van der Waals surface area contributed by atoms with Gasteiger partial charge in [0, 0.05) is 0 Å². The SMILES string of the molecule is COC(=O)c1ccc([C@H]2CC[C@H](O)CC2)cc1. The highest BCUT2D eigenvalue weighted by molar-refractivity contribution is 5.89. The van der Waals surface area contributed by atoms with Gasteiger partial charge in [-0.15, -0.1) is 0 Å². The summed E-state index contributed by atoms with van der Waals surface area (Å²) in [5, 5.41) is 9.46. The maximum Gasteiger partial charge on any atom is 0.337 e. The maximum atomic E-state index is 11.3. The lowest BCUT2D eigenvalue weighted by molar-refractivity contribution is 0.0600. The maximum absolute atomic E-state index is 11.3. The molecule has 1 aromatic rings. The Morgan fingerprint density at radius 2 is 1.76 bits per heavy atom. The summed E-state index contributed by atoms with van der Waals surface area (Å²) in [5.41, 5.74) is 1.84. The quantitative estimate of drug-likeness (QED) is 0.800. The molecule has 3 heteroatoms. The molecule has 0 aromatic heterocycles. The standard InChI is InChI=1S/C14H18O3/c1-17-14(16)12-4-2-10(3-5-12)11-6-8-13(15)9-7-11/h2-5,11,13,15H,6-9H2,1H3/t11-,13-. The second-order valence-corrected chi connectivity index (χ2v) is 4.62. The number of ether oxygens (including phenoxy) is 1. The number of aliphatic hydroxyl groups excluding tert-OH is 1. The topological polar surface area (TPSA) is 46.5 Å². The van der Waals surface area contributed by atoms with Crippen LogP contribution in [0.1, 0.15) is 47.5 Å². The molecule has 0 heterocycles. The first-order valence-electron chi connectivity index (χ1n) is 6.07. The van der Waals surface area contributed by atoms with Crippen molar-refractivity contribution in [3.8, 4) is 0 Å². The van der Waals surface area contributed by atoms with E-state index >= 15 is 0 Å². The number of carbonyl (C=O) groups is 1. The molecule has 0 bridgehead atoms. The van der Waals surface area contributed by atoms with Crippen molar-refractivity contribution >= 4 is 5.97 Å². The molecule has 1 aliphatic carbocycles. The molecule has 0 spiro atoms. The number of esters is 1. The fourth-order valence-electron chi connectivity index (χ4n) is 2.42. The van der Waals surface area contributed by atoms with E-state index in [2.05, 4.69) is 4.74 Å². The summed E-state index contributed by atoms with van der Waals surface area (Å²) in [4.78, 5) is 11.3. The Labute approximate surface area is 101 Å². The minimum atomic E-state index is -0.296. The molecule has 2 rings (SSSR count). The molecular formula is C14H18O3. The second-order valence-electron chi connectivity index (χ2n) is 4.62. The van der Waals surface area contributed by atoms with Gasteiger partial charge in [-0.25, -0.2) is 4.79 Å². The van der Waals surface area contributed by atoms with Crippen molar-refractivity contribution in [1.82, 2.24) is 0 Å². The molecule has 1 aliphatic rings. The first-order valence-corrected chi connectivity index (χ1v) is 6.07. The summed E-state index contributed by atoms with van der Waals surface area (Å²) >= 11 is 0. The monoisotopic (exact) mass is 234 g/mol. The lowest BCUT2D eigenvalue weighted by Crippen LogP contribution is -2.17. The molecule has 3 nitrogen and oxygen atoms in total. The third-order valence-corrected chi connectivity index (χ3v) is 3.50. The molecule has 1 fully saturated rings. The van der Waals surface area contributed by atoms with Gasteiger partial charge in [0.05, 0.1) is 18.8 Å². The van der Waals surface area contributed by atoms with Crippen LogP contribution in [0.15, 0.2) is 24.3 Å². The smallest absolute Gasteiger partial charge is 0.337 e. The zero-order valence-electron chi connectivity index (χ0n) is 10.1. The second kappa shape index (κ2) is 5.32. The Kier molecular flexibility index (Phi) is 3.79. The Morgan fingerprint density at radius 1 is 1.18 bits per heavy atom. The van der Waals surface area contributed by atoms with Crippen LogP contribution < -0.4 is 0 Å². The van der Waals surface area contributed by atoms with Crippen molar-refractivity contribution < 1.29 is 14.6 Å². The number of rotatable bonds is 2. The molecule has 1 aromatic carbocycles. The fourth-order valence-corrected chi connectivity index (χ4v) is 2.42. The van der Waals surface area contributed by atoms with Crippen LogP contribution in [-0.4, -0.2) is 24.3 Å². The molecule has 92 valence electrons. The number of carbonyl (C=O) groups excluding carboxylic acids is 1. The van der Waals surface area contributed by atoms with E-state index in [1.807, 2.05) is 24.3 Å². The number of hydrogen-bond donors (Lipinski definition) is 1. The average Bonchev–Trinajstić information content (AvgIpc) is 2.39. The third-order valence-electron chi connectivity index (χ3n) is 3.50. The van der Waals surface area contributed by atoms with Gasteiger partial charge in [-0.1, -0.05) is 12.1 Å². The van der Waals surface area contributed by atoms with Crippen molar-refractivity contribution in [3.63, 3.8) is 0 Å². The van der Waals surface area contributed by atoms with Crippen LogP contribution in [0.2, 0.25) is 0 Å². The minimum absolute atomic E-state index is 0.124. The van der Waals surface area contributed by atoms with E-state index < -0.39 is 0 Å². The Morgan fingerprint density at radius 3 is 2.29 bits per heavy atom. The van der Waals surface area contributed by atoms with Gasteiger partial charge in [-0.05, 0) is 49.3 Å². The van der Waals surface area contributed by atoms with E-state index in [9.17, 15) is 9.90 Å². The highest BCUT2D eigenvalue weighted by Crippen LogP contribution is 2.32. The lowest BCUT2D eigenvalue weighted by atomic mass is 9.82. The molecular weight excluding hydrogens is 216 g/mol. The highest BCUT2D eigenvalue weighted by atomic mass is 16.5. The zero-order chi connectivity index (χ0) is 12.3. The first kappa shape index (κ1) is 12.1. The van der Waals surface area contributed by atoms with Crippen LogP contribution in [0, 0.1) is 0 Å². The van der Waals surface area contributed by atoms with Crippen molar-refractivity contribution in [3.05, 3.63) is 35.4 Å². The van der Waals surface area contributed by atoms with Gasteiger partial charge in [0.15, 0.2) is 0 Å². The van der Waals surface area contributed by atoms with E-state index in [4.69, 9.17) is 0 Å². The van der Waals surface area contributed by atoms with Gasteiger partial charge in [0.25, 0.3) is 0 Å². The summed E-state index contributed by atoms with van der Waals surface area (Å²) in [5.74, 6) is 0.223. The van der Waals surface area contributed by atoms with Crippen LogP contribution in [0.25, 0.3) is 0 Å². The molecule has 0 saturated heterocycles. The van der Waals surface area contributed by atoms with Gasteiger partial charge >= 0.3 is 5.97 Å². The molecule has 17 heavy (non-hydrogen) atoms. The van der Waals surface area contributed by atoms with Crippen LogP contribution >= 0.6 is 0 Å². The molecule has 0 atom stereocenters. The van der Waals surface area contributed by atoms with Crippen molar-refractivity contribution in [2.45, 2.75) is 37.7 Å². The Bertz CT molecular complexity index is 375. The molecule has 1 saturated carbocycles. The first-order chi connectivity index (χ1) is 8.20. The van der Waals surface area contributed by atoms with E-state index in [0.29, 0.717) is 11.5 Å². The predicted octanol–water partition coefficient (Wildman–Crippen LogP) is 2.49. The van der Waals surface area contributed by atoms with Crippen molar-refractivity contribution in [1.29, 1.82) is 0 Å². The normalized spacial score (nSPS) is 24.4. The van der Waals surface area contributed by atoms with Crippen LogP contribution in [0.5, 0.6) is 0 Å². The Balaban J connectivity index is 2.05. The Hall–Kier alpha value is -1.35. The summed E-state index contributed by atoms with van der Waals surface area (Å²) in [6, 6.07) is 7.61. The van der Waals surface area contributed by atoms with Crippen molar-refractivity contribution in [2.24, 2.45) is 0 Å². The number of aliphatic hydroxyl groups is 1. The number of benzene rings is 1. The van der Waals surface area contributed by atoms with Crippen LogP contribution in [0.4, 0.5) is 0 Å². The van der Waals surface area contributed by atoms with E-state index in [0.717, 1.165) is 25.7 Å². The third kappa shape index (κ3) is 2.86.